The summed E-state index contributed by atoms with van der Waals surface area (Å²) in [5, 5.41) is 2.46. The minimum absolute atomic E-state index is 0.492. The molecule has 0 bridgehead atoms. The largest absolute Gasteiger partial charge is 0.355 e. The van der Waals surface area contributed by atoms with Gasteiger partial charge in [0.2, 0.25) is 0 Å². The lowest BCUT2D eigenvalue weighted by Crippen LogP contribution is -2.29. The smallest absolute Gasteiger partial charge is 0.136 e. The first kappa shape index (κ1) is 13.3. The molecule has 0 amide bonds. The maximum absolute atomic E-state index is 5.80. The summed E-state index contributed by atoms with van der Waals surface area (Å²) < 4.78 is 0. The Balaban J connectivity index is 2.04. The Labute approximate surface area is 120 Å². The maximum Gasteiger partial charge on any atom is 0.136 e. The van der Waals surface area contributed by atoms with E-state index in [9.17, 15) is 0 Å². The molecule has 4 heteroatoms. The van der Waals surface area contributed by atoms with E-state index in [1.807, 2.05) is 0 Å². The molecule has 1 aromatic heterocycles. The van der Waals surface area contributed by atoms with E-state index < -0.39 is 0 Å². The third-order valence-electron chi connectivity index (χ3n) is 4.00. The van der Waals surface area contributed by atoms with E-state index in [0.717, 1.165) is 37.7 Å². The number of fused-ring (bicyclic) bond motifs is 1. The summed E-state index contributed by atoms with van der Waals surface area (Å²) in [6, 6.07) is 10.6. The van der Waals surface area contributed by atoms with Gasteiger partial charge in [-0.2, -0.15) is 0 Å². The fraction of sp³-hybridized carbons (Fsp3) is 0.438. The second kappa shape index (κ2) is 5.77. The van der Waals surface area contributed by atoms with Crippen LogP contribution >= 0.6 is 0 Å². The van der Waals surface area contributed by atoms with Gasteiger partial charge in [0.05, 0.1) is 5.69 Å². The molecule has 3 rings (SSSR count). The van der Waals surface area contributed by atoms with Crippen LogP contribution in [0.2, 0.25) is 0 Å². The third kappa shape index (κ3) is 2.62. The van der Waals surface area contributed by atoms with Crippen LogP contribution in [-0.2, 0) is 6.54 Å². The van der Waals surface area contributed by atoms with Crippen LogP contribution in [0.15, 0.2) is 30.3 Å². The molecule has 20 heavy (non-hydrogen) atoms. The highest BCUT2D eigenvalue weighted by molar-refractivity contribution is 5.92. The lowest BCUT2D eigenvalue weighted by Gasteiger charge is -2.24. The Hall–Kier alpha value is -1.65. The van der Waals surface area contributed by atoms with Crippen molar-refractivity contribution in [3.05, 3.63) is 36.0 Å². The molecule has 2 N–H and O–H groups in total. The number of aromatic nitrogens is 1. The summed E-state index contributed by atoms with van der Waals surface area (Å²) in [6.07, 6.45) is 1.18. The first-order valence-corrected chi connectivity index (χ1v) is 7.30. The van der Waals surface area contributed by atoms with Crippen LogP contribution in [0, 0.1) is 0 Å². The summed E-state index contributed by atoms with van der Waals surface area (Å²) in [7, 11) is 2.19. The first-order valence-electron chi connectivity index (χ1n) is 7.30. The lowest BCUT2D eigenvalue weighted by atomic mass is 10.1. The summed E-state index contributed by atoms with van der Waals surface area (Å²) in [4.78, 5) is 9.58. The van der Waals surface area contributed by atoms with Crippen LogP contribution in [-0.4, -0.2) is 43.1 Å². The van der Waals surface area contributed by atoms with Gasteiger partial charge in [-0.25, -0.2) is 4.98 Å². The Bertz CT molecular complexity index is 596. The van der Waals surface area contributed by atoms with Gasteiger partial charge in [0.25, 0.3) is 0 Å². The monoisotopic (exact) mass is 270 g/mol. The van der Waals surface area contributed by atoms with E-state index in [1.54, 1.807) is 0 Å². The van der Waals surface area contributed by atoms with Crippen LogP contribution in [0.4, 0.5) is 5.82 Å². The molecule has 0 unspecified atom stereocenters. The molecule has 1 aromatic carbocycles. The van der Waals surface area contributed by atoms with Crippen molar-refractivity contribution in [3.63, 3.8) is 0 Å². The van der Waals surface area contributed by atoms with Crippen molar-refractivity contribution in [2.45, 2.75) is 13.0 Å². The van der Waals surface area contributed by atoms with E-state index in [-0.39, 0.29) is 0 Å². The van der Waals surface area contributed by atoms with Crippen LogP contribution in [0.3, 0.4) is 0 Å². The minimum atomic E-state index is 0.492. The predicted octanol–water partition coefficient (Wildman–Crippen LogP) is 1.84. The maximum atomic E-state index is 5.80. The molecule has 1 aliphatic heterocycles. The van der Waals surface area contributed by atoms with Gasteiger partial charge in [0, 0.05) is 31.6 Å². The van der Waals surface area contributed by atoms with Gasteiger partial charge in [0.1, 0.15) is 5.82 Å². The number of pyridine rings is 1. The Morgan fingerprint density at radius 2 is 2.00 bits per heavy atom. The second-order valence-corrected chi connectivity index (χ2v) is 5.51. The molecule has 1 fully saturated rings. The van der Waals surface area contributed by atoms with Crippen molar-refractivity contribution in [3.8, 4) is 0 Å². The van der Waals surface area contributed by atoms with Crippen LogP contribution in [0.5, 0.6) is 0 Å². The Morgan fingerprint density at radius 1 is 1.15 bits per heavy atom. The number of rotatable bonds is 2. The first-order chi connectivity index (χ1) is 9.78. The highest BCUT2D eigenvalue weighted by atomic mass is 15.2. The number of benzene rings is 1. The zero-order valence-electron chi connectivity index (χ0n) is 12.0. The zero-order chi connectivity index (χ0) is 13.9. The van der Waals surface area contributed by atoms with Crippen LogP contribution in [0.1, 0.15) is 12.1 Å². The van der Waals surface area contributed by atoms with Crippen molar-refractivity contribution in [2.24, 2.45) is 5.73 Å². The number of hydrogen-bond donors (Lipinski definition) is 1. The molecule has 1 aliphatic rings. The van der Waals surface area contributed by atoms with Gasteiger partial charge < -0.3 is 15.5 Å². The fourth-order valence-electron chi connectivity index (χ4n) is 2.84. The summed E-state index contributed by atoms with van der Waals surface area (Å²) in [5.41, 5.74) is 6.77. The fourth-order valence-corrected chi connectivity index (χ4v) is 2.84. The molecular weight excluding hydrogens is 248 g/mol. The van der Waals surface area contributed by atoms with Crippen molar-refractivity contribution < 1.29 is 0 Å². The number of likely N-dealkylation sites (N-methyl/N-ethyl adjacent to an activating group) is 1. The number of anilines is 1. The lowest BCUT2D eigenvalue weighted by molar-refractivity contribution is 0.360. The van der Waals surface area contributed by atoms with Crippen molar-refractivity contribution in [1.29, 1.82) is 0 Å². The number of hydrogen-bond acceptors (Lipinski definition) is 4. The average molecular weight is 270 g/mol. The highest BCUT2D eigenvalue weighted by Gasteiger charge is 2.16. The summed E-state index contributed by atoms with van der Waals surface area (Å²) in [5.74, 6) is 1.10. The zero-order valence-corrected chi connectivity index (χ0v) is 12.0. The Kier molecular flexibility index (Phi) is 3.85. The van der Waals surface area contributed by atoms with Crippen molar-refractivity contribution in [1.82, 2.24) is 9.88 Å². The van der Waals surface area contributed by atoms with E-state index in [2.05, 4.69) is 47.2 Å². The quantitative estimate of drug-likeness (QED) is 0.904. The van der Waals surface area contributed by atoms with Gasteiger partial charge in [-0.05, 0) is 31.5 Å². The van der Waals surface area contributed by atoms with Crippen molar-refractivity contribution in [2.75, 3.05) is 38.1 Å². The highest BCUT2D eigenvalue weighted by Crippen LogP contribution is 2.26. The summed E-state index contributed by atoms with van der Waals surface area (Å²) in [6.45, 7) is 4.83. The topological polar surface area (TPSA) is 45.4 Å². The standard InChI is InChI=1S/C16H22N4/c1-19-7-4-8-20(10-9-19)16-15-6-3-2-5-13(15)11-14(12-17)18-16/h2-3,5-6,11H,4,7-10,12,17H2,1H3. The van der Waals surface area contributed by atoms with Gasteiger partial charge in [-0.15, -0.1) is 0 Å². The molecule has 0 saturated carbocycles. The van der Waals surface area contributed by atoms with Gasteiger partial charge in [0.15, 0.2) is 0 Å². The second-order valence-electron chi connectivity index (χ2n) is 5.51. The van der Waals surface area contributed by atoms with E-state index in [0.29, 0.717) is 6.54 Å². The van der Waals surface area contributed by atoms with Crippen molar-refractivity contribution >= 4 is 16.6 Å². The van der Waals surface area contributed by atoms with Gasteiger partial charge in [-0.1, -0.05) is 24.3 Å². The van der Waals surface area contributed by atoms with E-state index in [4.69, 9.17) is 10.7 Å². The number of nitrogens with two attached hydrogens (primary N) is 1. The molecular formula is C16H22N4. The van der Waals surface area contributed by atoms with Gasteiger partial charge >= 0.3 is 0 Å². The molecule has 0 radical (unpaired) electrons. The third-order valence-corrected chi connectivity index (χ3v) is 4.00. The summed E-state index contributed by atoms with van der Waals surface area (Å²) >= 11 is 0. The molecule has 4 nitrogen and oxygen atoms in total. The molecule has 106 valence electrons. The molecule has 0 aliphatic carbocycles. The normalized spacial score (nSPS) is 17.4. The molecule has 0 spiro atoms. The van der Waals surface area contributed by atoms with E-state index >= 15 is 0 Å². The Morgan fingerprint density at radius 3 is 2.85 bits per heavy atom. The predicted molar refractivity (Wildman–Crippen MR) is 84.0 cm³/mol. The number of nitrogens with zero attached hydrogens (tertiary/aromatic N) is 3. The van der Waals surface area contributed by atoms with Gasteiger partial charge in [-0.3, -0.25) is 0 Å². The molecule has 2 aromatic rings. The molecule has 1 saturated heterocycles. The SMILES string of the molecule is CN1CCCN(c2nc(CN)cc3ccccc23)CC1. The minimum Gasteiger partial charge on any atom is -0.355 e. The average Bonchev–Trinajstić information content (AvgIpc) is 2.71. The van der Waals surface area contributed by atoms with E-state index in [1.165, 1.54) is 17.2 Å². The molecule has 2 heterocycles. The molecule has 0 atom stereocenters. The van der Waals surface area contributed by atoms with Crippen LogP contribution < -0.4 is 10.6 Å². The van der Waals surface area contributed by atoms with Crippen LogP contribution in [0.25, 0.3) is 10.8 Å².